The van der Waals surface area contributed by atoms with E-state index in [0.29, 0.717) is 11.6 Å². The molecule has 2 aromatic carbocycles. The second-order valence-electron chi connectivity index (χ2n) is 5.85. The van der Waals surface area contributed by atoms with Crippen molar-refractivity contribution in [1.29, 1.82) is 0 Å². The second-order valence-corrected chi connectivity index (χ2v) is 6.26. The highest BCUT2D eigenvalue weighted by Crippen LogP contribution is 2.28. The number of nitro groups is 1. The molecule has 0 aliphatic heterocycles. The maximum absolute atomic E-state index is 12.4. The third-order valence-corrected chi connectivity index (χ3v) is 4.33. The fourth-order valence-corrected chi connectivity index (χ4v) is 2.84. The number of benzene rings is 2. The Morgan fingerprint density at radius 1 is 1.31 bits per heavy atom. The Balaban J connectivity index is 2.17. The zero-order valence-electron chi connectivity index (χ0n) is 14.7. The lowest BCUT2D eigenvalue weighted by atomic mass is 10.1. The van der Waals surface area contributed by atoms with Crippen molar-refractivity contribution in [3.8, 4) is 5.75 Å². The minimum absolute atomic E-state index is 0.105. The van der Waals surface area contributed by atoms with Crippen LogP contribution in [0.25, 0.3) is 0 Å². The molecule has 0 spiro atoms. The van der Waals surface area contributed by atoms with E-state index in [9.17, 15) is 14.9 Å². The number of carbonyl (C=O) groups is 1. The van der Waals surface area contributed by atoms with E-state index in [0.717, 1.165) is 5.56 Å². The summed E-state index contributed by atoms with van der Waals surface area (Å²) < 4.78 is 4.95. The van der Waals surface area contributed by atoms with Crippen molar-refractivity contribution in [2.45, 2.75) is 6.04 Å². The van der Waals surface area contributed by atoms with Crippen LogP contribution in [0.4, 0.5) is 5.69 Å². The van der Waals surface area contributed by atoms with Crippen molar-refractivity contribution in [1.82, 2.24) is 10.2 Å². The van der Waals surface area contributed by atoms with Crippen molar-refractivity contribution >= 4 is 23.2 Å². The molecule has 2 rings (SSSR count). The van der Waals surface area contributed by atoms with Gasteiger partial charge in [0.05, 0.1) is 18.1 Å². The first-order valence-corrected chi connectivity index (χ1v) is 8.24. The molecule has 0 radical (unpaired) electrons. The molecule has 0 bridgehead atoms. The molecule has 8 heteroatoms. The highest BCUT2D eigenvalue weighted by molar-refractivity contribution is 6.31. The molecular formula is C18H20ClN3O4. The summed E-state index contributed by atoms with van der Waals surface area (Å²) in [5, 5.41) is 14.5. The highest BCUT2D eigenvalue weighted by atomic mass is 35.5. The summed E-state index contributed by atoms with van der Waals surface area (Å²) in [6.45, 7) is 0.301. The predicted octanol–water partition coefficient (Wildman–Crippen LogP) is 3.29. The van der Waals surface area contributed by atoms with E-state index < -0.39 is 10.8 Å². The van der Waals surface area contributed by atoms with Crippen molar-refractivity contribution < 1.29 is 14.5 Å². The summed E-state index contributed by atoms with van der Waals surface area (Å²) in [7, 11) is 5.12. The van der Waals surface area contributed by atoms with Crippen LogP contribution in [-0.4, -0.2) is 43.5 Å². The molecule has 1 N–H and O–H groups in total. The van der Waals surface area contributed by atoms with Gasteiger partial charge in [0, 0.05) is 23.2 Å². The molecule has 26 heavy (non-hydrogen) atoms. The van der Waals surface area contributed by atoms with Crippen molar-refractivity contribution in [3.05, 3.63) is 68.7 Å². The third kappa shape index (κ3) is 4.50. The van der Waals surface area contributed by atoms with Crippen molar-refractivity contribution in [2.75, 3.05) is 27.7 Å². The Bertz CT molecular complexity index is 811. The van der Waals surface area contributed by atoms with E-state index in [1.807, 2.05) is 37.2 Å². The van der Waals surface area contributed by atoms with Crippen LogP contribution in [0.5, 0.6) is 5.75 Å². The van der Waals surface area contributed by atoms with Gasteiger partial charge in [-0.25, -0.2) is 0 Å². The zero-order chi connectivity index (χ0) is 19.3. The van der Waals surface area contributed by atoms with Gasteiger partial charge in [-0.15, -0.1) is 0 Å². The topological polar surface area (TPSA) is 84.7 Å². The zero-order valence-corrected chi connectivity index (χ0v) is 15.5. The van der Waals surface area contributed by atoms with Crippen LogP contribution in [0.3, 0.4) is 0 Å². The van der Waals surface area contributed by atoms with E-state index in [-0.39, 0.29) is 23.0 Å². The molecule has 0 aliphatic rings. The first-order valence-electron chi connectivity index (χ1n) is 7.86. The fourth-order valence-electron chi connectivity index (χ4n) is 2.58. The average Bonchev–Trinajstić information content (AvgIpc) is 2.62. The summed E-state index contributed by atoms with van der Waals surface area (Å²) in [6.07, 6.45) is 0. The summed E-state index contributed by atoms with van der Waals surface area (Å²) in [4.78, 5) is 24.9. The van der Waals surface area contributed by atoms with Crippen LogP contribution in [0.15, 0.2) is 42.5 Å². The van der Waals surface area contributed by atoms with E-state index in [2.05, 4.69) is 5.32 Å². The first-order chi connectivity index (χ1) is 12.3. The number of hydrogen-bond donors (Lipinski definition) is 1. The number of halogens is 1. The number of likely N-dealkylation sites (N-methyl/N-ethyl adjacent to an activating group) is 1. The van der Waals surface area contributed by atoms with Gasteiger partial charge in [-0.3, -0.25) is 14.9 Å². The number of methoxy groups -OCH3 is 1. The number of nitrogens with one attached hydrogen (secondary N) is 1. The number of carbonyl (C=O) groups excluding carboxylic acids is 1. The van der Waals surface area contributed by atoms with Crippen LogP contribution >= 0.6 is 11.6 Å². The molecular weight excluding hydrogens is 358 g/mol. The molecule has 2 aromatic rings. The monoisotopic (exact) mass is 377 g/mol. The van der Waals surface area contributed by atoms with E-state index in [4.69, 9.17) is 16.3 Å². The van der Waals surface area contributed by atoms with Gasteiger partial charge in [-0.1, -0.05) is 29.8 Å². The van der Waals surface area contributed by atoms with E-state index in [1.165, 1.54) is 25.3 Å². The molecule has 1 atom stereocenters. The van der Waals surface area contributed by atoms with Gasteiger partial charge in [0.1, 0.15) is 0 Å². The Hall–Kier alpha value is -2.64. The lowest BCUT2D eigenvalue weighted by molar-refractivity contribution is -0.385. The molecule has 1 amide bonds. The number of nitro benzene ring substituents is 1. The Kier molecular flexibility index (Phi) is 6.54. The quantitative estimate of drug-likeness (QED) is 0.591. The molecule has 138 valence electrons. The minimum Gasteiger partial charge on any atom is -0.490 e. The predicted molar refractivity (Wildman–Crippen MR) is 99.9 cm³/mol. The molecule has 0 aliphatic carbocycles. The minimum atomic E-state index is -0.581. The van der Waals surface area contributed by atoms with Gasteiger partial charge in [0.15, 0.2) is 5.75 Å². The maximum atomic E-state index is 12.4. The summed E-state index contributed by atoms with van der Waals surface area (Å²) in [6, 6.07) is 11.4. The van der Waals surface area contributed by atoms with Gasteiger partial charge >= 0.3 is 5.69 Å². The smallest absolute Gasteiger partial charge is 0.311 e. The third-order valence-electron chi connectivity index (χ3n) is 3.98. The largest absolute Gasteiger partial charge is 0.490 e. The highest BCUT2D eigenvalue weighted by Gasteiger charge is 2.21. The fraction of sp³-hybridized carbons (Fsp3) is 0.278. The Morgan fingerprint density at radius 3 is 2.58 bits per heavy atom. The summed E-state index contributed by atoms with van der Waals surface area (Å²) in [5.41, 5.74) is 0.824. The van der Waals surface area contributed by atoms with Crippen LogP contribution in [0.2, 0.25) is 5.02 Å². The Labute approximate surface area is 156 Å². The summed E-state index contributed by atoms with van der Waals surface area (Å²) >= 11 is 6.26. The standard InChI is InChI=1S/C18H20ClN3O4/c1-21(2)16(13-6-4-5-7-14(13)19)11-20-18(23)12-8-9-17(26-3)15(10-12)22(24)25/h4-10,16H,11H2,1-3H3,(H,20,23)/t16-/m0/s1. The second kappa shape index (κ2) is 8.64. The van der Waals surface area contributed by atoms with E-state index in [1.54, 1.807) is 6.07 Å². The number of hydrogen-bond acceptors (Lipinski definition) is 5. The Morgan fingerprint density at radius 2 is 2.00 bits per heavy atom. The maximum Gasteiger partial charge on any atom is 0.311 e. The van der Waals surface area contributed by atoms with Gasteiger partial charge in [0.2, 0.25) is 0 Å². The molecule has 0 saturated heterocycles. The normalized spacial score (nSPS) is 11.9. The molecule has 0 aromatic heterocycles. The number of rotatable bonds is 7. The average molecular weight is 378 g/mol. The van der Waals surface area contributed by atoms with Gasteiger partial charge in [0.25, 0.3) is 5.91 Å². The molecule has 0 fully saturated rings. The van der Waals surface area contributed by atoms with Crippen LogP contribution in [-0.2, 0) is 0 Å². The van der Waals surface area contributed by atoms with Gasteiger partial charge < -0.3 is 15.0 Å². The van der Waals surface area contributed by atoms with Crippen LogP contribution in [0, 0.1) is 10.1 Å². The molecule has 0 saturated carbocycles. The first kappa shape index (κ1) is 19.7. The molecule has 0 unspecified atom stereocenters. The number of nitrogens with zero attached hydrogens (tertiary/aromatic N) is 2. The van der Waals surface area contributed by atoms with Crippen LogP contribution in [0.1, 0.15) is 22.0 Å². The van der Waals surface area contributed by atoms with E-state index >= 15 is 0 Å². The van der Waals surface area contributed by atoms with Gasteiger partial charge in [-0.2, -0.15) is 0 Å². The number of ether oxygens (including phenoxy) is 1. The van der Waals surface area contributed by atoms with Gasteiger partial charge in [-0.05, 0) is 37.9 Å². The van der Waals surface area contributed by atoms with Crippen LogP contribution < -0.4 is 10.1 Å². The lowest BCUT2D eigenvalue weighted by Gasteiger charge is -2.26. The van der Waals surface area contributed by atoms with Crippen molar-refractivity contribution in [3.63, 3.8) is 0 Å². The SMILES string of the molecule is COc1ccc(C(=O)NC[C@@H](c2ccccc2Cl)N(C)C)cc1[N+](=O)[O-]. The summed E-state index contributed by atoms with van der Waals surface area (Å²) in [5.74, 6) is -0.302. The number of amides is 1. The molecule has 7 nitrogen and oxygen atoms in total. The molecule has 0 heterocycles. The van der Waals surface area contributed by atoms with Crippen molar-refractivity contribution in [2.24, 2.45) is 0 Å². The lowest BCUT2D eigenvalue weighted by Crippen LogP contribution is -2.34.